The number of rotatable bonds is 6. The van der Waals surface area contributed by atoms with Gasteiger partial charge in [-0.3, -0.25) is 4.79 Å². The van der Waals surface area contributed by atoms with Crippen LogP contribution in [0.4, 0.5) is 0 Å². The van der Waals surface area contributed by atoms with Crippen LogP contribution in [-0.4, -0.2) is 18.0 Å². The van der Waals surface area contributed by atoms with Crippen LogP contribution in [0.15, 0.2) is 0 Å². The second-order valence-electron chi connectivity index (χ2n) is 5.46. The molecule has 0 radical (unpaired) electrons. The highest BCUT2D eigenvalue weighted by Gasteiger charge is 2.40. The first-order valence-corrected chi connectivity index (χ1v) is 7.27. The van der Waals surface area contributed by atoms with E-state index >= 15 is 0 Å². The molecular weight excluding hydrogens is 212 g/mol. The maximum Gasteiger partial charge on any atom is 0.167 e. The van der Waals surface area contributed by atoms with Crippen LogP contribution in [0.5, 0.6) is 0 Å². The summed E-state index contributed by atoms with van der Waals surface area (Å²) in [4.78, 5) is 12.7. The maximum atomic E-state index is 12.7. The summed E-state index contributed by atoms with van der Waals surface area (Å²) in [7, 11) is 0. The third-order valence-electron chi connectivity index (χ3n) is 4.40. The number of ketones is 1. The Morgan fingerprint density at radius 2 is 1.65 bits per heavy atom. The zero-order valence-electron chi connectivity index (χ0n) is 11.9. The predicted octanol–water partition coefficient (Wildman–Crippen LogP) is 3.98. The molecule has 0 aromatic rings. The molecule has 0 aromatic heterocycles. The number of hydrogen-bond acceptors (Lipinski definition) is 2. The molecule has 0 aliphatic heterocycles. The molecule has 0 bridgehead atoms. The van der Waals surface area contributed by atoms with Crippen molar-refractivity contribution in [1.82, 2.24) is 0 Å². The van der Waals surface area contributed by atoms with Crippen LogP contribution in [0, 0.1) is 11.8 Å². The highest BCUT2D eigenvalue weighted by molar-refractivity contribution is 5.89. The van der Waals surface area contributed by atoms with Gasteiger partial charge in [-0.1, -0.05) is 33.6 Å². The minimum absolute atomic E-state index is 0.248. The van der Waals surface area contributed by atoms with Crippen LogP contribution in [0.25, 0.3) is 0 Å². The molecular formula is C15H28O2. The monoisotopic (exact) mass is 240 g/mol. The summed E-state index contributed by atoms with van der Waals surface area (Å²) in [6.07, 6.45) is 6.15. The minimum Gasteiger partial charge on any atom is -0.368 e. The third kappa shape index (κ3) is 3.31. The Balaban J connectivity index is 2.70. The fourth-order valence-corrected chi connectivity index (χ4v) is 3.04. The van der Waals surface area contributed by atoms with Crippen molar-refractivity contribution in [2.45, 2.75) is 71.8 Å². The fourth-order valence-electron chi connectivity index (χ4n) is 3.04. The van der Waals surface area contributed by atoms with E-state index in [2.05, 4.69) is 20.8 Å². The van der Waals surface area contributed by atoms with Crippen LogP contribution < -0.4 is 0 Å². The van der Waals surface area contributed by atoms with Gasteiger partial charge >= 0.3 is 0 Å². The van der Waals surface area contributed by atoms with Crippen molar-refractivity contribution in [2.75, 3.05) is 6.61 Å². The molecule has 0 aromatic carbocycles. The summed E-state index contributed by atoms with van der Waals surface area (Å²) in [5.41, 5.74) is -0.500. The Morgan fingerprint density at radius 3 is 2.06 bits per heavy atom. The normalized spacial score (nSPS) is 25.9. The molecule has 0 N–H and O–H groups in total. The average Bonchev–Trinajstić information content (AvgIpc) is 2.36. The number of hydrogen-bond donors (Lipinski definition) is 0. The van der Waals surface area contributed by atoms with Crippen molar-refractivity contribution in [3.05, 3.63) is 0 Å². The minimum atomic E-state index is -0.500. The first kappa shape index (κ1) is 14.7. The Hall–Kier alpha value is -0.370. The van der Waals surface area contributed by atoms with E-state index in [-0.39, 0.29) is 5.92 Å². The van der Waals surface area contributed by atoms with E-state index in [0.29, 0.717) is 12.4 Å². The van der Waals surface area contributed by atoms with Crippen LogP contribution in [-0.2, 0) is 9.53 Å². The van der Waals surface area contributed by atoms with Crippen molar-refractivity contribution >= 4 is 5.78 Å². The smallest absolute Gasteiger partial charge is 0.167 e. The van der Waals surface area contributed by atoms with Crippen LogP contribution in [0.2, 0.25) is 0 Å². The zero-order valence-corrected chi connectivity index (χ0v) is 11.9. The second-order valence-corrected chi connectivity index (χ2v) is 5.46. The molecule has 1 aliphatic rings. The van der Waals surface area contributed by atoms with E-state index in [9.17, 15) is 4.79 Å². The molecule has 100 valence electrons. The third-order valence-corrected chi connectivity index (χ3v) is 4.40. The molecule has 0 amide bonds. The number of carbonyl (C=O) groups excluding carboxylic acids is 1. The molecule has 1 aliphatic carbocycles. The van der Waals surface area contributed by atoms with Crippen molar-refractivity contribution in [1.29, 1.82) is 0 Å². The Bertz CT molecular complexity index is 235. The van der Waals surface area contributed by atoms with E-state index in [1.54, 1.807) is 0 Å². The largest absolute Gasteiger partial charge is 0.368 e. The molecule has 0 heterocycles. The molecule has 2 heteroatoms. The van der Waals surface area contributed by atoms with Crippen molar-refractivity contribution in [3.63, 3.8) is 0 Å². The number of ether oxygens (including phenoxy) is 1. The summed E-state index contributed by atoms with van der Waals surface area (Å²) in [5, 5.41) is 0. The SMILES string of the molecule is CCOC(CC)(CC)C(=O)C1CCC(C)CC1. The summed E-state index contributed by atoms with van der Waals surface area (Å²) in [5.74, 6) is 1.41. The van der Waals surface area contributed by atoms with Crippen molar-refractivity contribution < 1.29 is 9.53 Å². The molecule has 2 nitrogen and oxygen atoms in total. The Morgan fingerprint density at radius 1 is 1.12 bits per heavy atom. The molecule has 1 rings (SSSR count). The lowest BCUT2D eigenvalue weighted by Gasteiger charge is -2.35. The van der Waals surface area contributed by atoms with Gasteiger partial charge in [0.25, 0.3) is 0 Å². The number of Topliss-reactive ketones (excluding diaryl/α,β-unsaturated/α-hetero) is 1. The molecule has 1 saturated carbocycles. The quantitative estimate of drug-likeness (QED) is 0.702. The molecule has 0 unspecified atom stereocenters. The first-order valence-electron chi connectivity index (χ1n) is 7.27. The summed E-state index contributed by atoms with van der Waals surface area (Å²) in [6.45, 7) is 9.05. The van der Waals surface area contributed by atoms with Gasteiger partial charge < -0.3 is 4.74 Å². The van der Waals surface area contributed by atoms with Gasteiger partial charge in [0.05, 0.1) is 0 Å². The second kappa shape index (κ2) is 6.53. The van der Waals surface area contributed by atoms with Gasteiger partial charge in [0.1, 0.15) is 5.60 Å². The van der Waals surface area contributed by atoms with Crippen molar-refractivity contribution in [3.8, 4) is 0 Å². The average molecular weight is 240 g/mol. The maximum absolute atomic E-state index is 12.7. The summed E-state index contributed by atoms with van der Waals surface area (Å²) in [6, 6.07) is 0. The standard InChI is InChI=1S/C15H28O2/c1-5-15(6-2,17-7-3)14(16)13-10-8-12(4)9-11-13/h12-13H,5-11H2,1-4H3. The van der Waals surface area contributed by atoms with Gasteiger partial charge in [0.15, 0.2) is 5.78 Å². The van der Waals surface area contributed by atoms with Gasteiger partial charge in [-0.25, -0.2) is 0 Å². The Labute approximate surface area is 106 Å². The molecule has 0 saturated heterocycles. The first-order chi connectivity index (χ1) is 8.09. The topological polar surface area (TPSA) is 26.3 Å². The summed E-state index contributed by atoms with van der Waals surface area (Å²) >= 11 is 0. The lowest BCUT2D eigenvalue weighted by atomic mass is 9.75. The Kier molecular flexibility index (Phi) is 5.64. The zero-order chi connectivity index (χ0) is 12.9. The van der Waals surface area contributed by atoms with E-state index in [1.165, 1.54) is 12.8 Å². The van der Waals surface area contributed by atoms with Gasteiger partial charge in [-0.05, 0) is 38.5 Å². The van der Waals surface area contributed by atoms with E-state index in [4.69, 9.17) is 4.74 Å². The van der Waals surface area contributed by atoms with E-state index < -0.39 is 5.60 Å². The number of carbonyl (C=O) groups is 1. The highest BCUT2D eigenvalue weighted by atomic mass is 16.5. The summed E-state index contributed by atoms with van der Waals surface area (Å²) < 4.78 is 5.82. The van der Waals surface area contributed by atoms with Crippen LogP contribution >= 0.6 is 0 Å². The molecule has 17 heavy (non-hydrogen) atoms. The predicted molar refractivity (Wildman–Crippen MR) is 71.1 cm³/mol. The van der Waals surface area contributed by atoms with Gasteiger partial charge in [0.2, 0.25) is 0 Å². The van der Waals surface area contributed by atoms with Crippen LogP contribution in [0.3, 0.4) is 0 Å². The lowest BCUT2D eigenvalue weighted by molar-refractivity contribution is -0.151. The molecule has 0 atom stereocenters. The van der Waals surface area contributed by atoms with Crippen molar-refractivity contribution in [2.24, 2.45) is 11.8 Å². The van der Waals surface area contributed by atoms with E-state index in [0.717, 1.165) is 31.6 Å². The van der Waals surface area contributed by atoms with Gasteiger partial charge in [0, 0.05) is 12.5 Å². The van der Waals surface area contributed by atoms with E-state index in [1.807, 2.05) is 6.92 Å². The highest BCUT2D eigenvalue weighted by Crippen LogP contribution is 2.34. The lowest BCUT2D eigenvalue weighted by Crippen LogP contribution is -2.45. The fraction of sp³-hybridized carbons (Fsp3) is 0.933. The van der Waals surface area contributed by atoms with Gasteiger partial charge in [-0.2, -0.15) is 0 Å². The van der Waals surface area contributed by atoms with Crippen LogP contribution in [0.1, 0.15) is 66.2 Å². The van der Waals surface area contributed by atoms with Gasteiger partial charge in [-0.15, -0.1) is 0 Å². The molecule has 1 fully saturated rings. The molecule has 0 spiro atoms.